The molecule has 0 aromatic heterocycles. The van der Waals surface area contributed by atoms with Crippen molar-refractivity contribution in [3.8, 4) is 5.75 Å². The van der Waals surface area contributed by atoms with Crippen LogP contribution in [0, 0.1) is 0 Å². The summed E-state index contributed by atoms with van der Waals surface area (Å²) >= 11 is 0. The van der Waals surface area contributed by atoms with E-state index in [1.807, 2.05) is 13.1 Å². The monoisotopic (exact) mass is 291 g/mol. The van der Waals surface area contributed by atoms with Gasteiger partial charge in [0.05, 0.1) is 6.10 Å². The SMILES string of the molecule is CNC(c1cccc(OC(C)C)c1)C1CN(C)CCN1C. The van der Waals surface area contributed by atoms with Crippen LogP contribution in [0.4, 0.5) is 0 Å². The molecule has 1 N–H and O–H groups in total. The van der Waals surface area contributed by atoms with E-state index in [4.69, 9.17) is 4.74 Å². The minimum absolute atomic E-state index is 0.205. The van der Waals surface area contributed by atoms with Crippen LogP contribution in [0.1, 0.15) is 25.5 Å². The highest BCUT2D eigenvalue weighted by Crippen LogP contribution is 2.26. The average molecular weight is 291 g/mol. The summed E-state index contributed by atoms with van der Waals surface area (Å²) in [5.74, 6) is 0.953. The molecule has 0 amide bonds. The zero-order valence-corrected chi connectivity index (χ0v) is 14.0. The van der Waals surface area contributed by atoms with Gasteiger partial charge < -0.3 is 15.0 Å². The molecule has 1 fully saturated rings. The molecule has 2 unspecified atom stereocenters. The van der Waals surface area contributed by atoms with Gasteiger partial charge in [0.25, 0.3) is 0 Å². The van der Waals surface area contributed by atoms with Crippen LogP contribution in [0.3, 0.4) is 0 Å². The molecule has 4 nitrogen and oxygen atoms in total. The van der Waals surface area contributed by atoms with Crippen molar-refractivity contribution in [2.24, 2.45) is 0 Å². The first-order valence-corrected chi connectivity index (χ1v) is 7.84. The molecule has 0 radical (unpaired) electrons. The molecule has 0 saturated carbocycles. The minimum atomic E-state index is 0.205. The standard InChI is InChI=1S/C17H29N3O/c1-13(2)21-15-8-6-7-14(11-15)17(18-3)16-12-19(4)9-10-20(16)5/h6-8,11,13,16-18H,9-10,12H2,1-5H3. The van der Waals surface area contributed by atoms with Crippen LogP contribution in [-0.4, -0.2) is 62.7 Å². The predicted octanol–water partition coefficient (Wildman–Crippen LogP) is 1.98. The molecule has 0 bridgehead atoms. The summed E-state index contributed by atoms with van der Waals surface area (Å²) in [6, 6.07) is 9.27. The van der Waals surface area contributed by atoms with Gasteiger partial charge in [0.15, 0.2) is 0 Å². The average Bonchev–Trinajstić information content (AvgIpc) is 2.43. The van der Waals surface area contributed by atoms with Crippen molar-refractivity contribution >= 4 is 0 Å². The Kier molecular flexibility index (Phi) is 5.62. The second-order valence-electron chi connectivity index (χ2n) is 6.32. The van der Waals surface area contributed by atoms with Gasteiger partial charge in [0.2, 0.25) is 0 Å². The number of nitrogens with zero attached hydrogens (tertiary/aromatic N) is 2. The number of hydrogen-bond donors (Lipinski definition) is 1. The van der Waals surface area contributed by atoms with E-state index in [2.05, 4.69) is 61.3 Å². The molecule has 21 heavy (non-hydrogen) atoms. The molecule has 1 saturated heterocycles. The summed E-state index contributed by atoms with van der Waals surface area (Å²) in [5, 5.41) is 3.50. The van der Waals surface area contributed by atoms with Gasteiger partial charge in [-0.15, -0.1) is 0 Å². The molecule has 0 aliphatic carbocycles. The van der Waals surface area contributed by atoms with E-state index in [0.717, 1.165) is 25.4 Å². The van der Waals surface area contributed by atoms with Gasteiger partial charge in [0.1, 0.15) is 5.75 Å². The van der Waals surface area contributed by atoms with E-state index < -0.39 is 0 Å². The molecule has 1 aromatic rings. The smallest absolute Gasteiger partial charge is 0.120 e. The number of hydrogen-bond acceptors (Lipinski definition) is 4. The van der Waals surface area contributed by atoms with Gasteiger partial charge in [-0.2, -0.15) is 0 Å². The summed E-state index contributed by atoms with van der Waals surface area (Å²) in [5.41, 5.74) is 1.29. The highest BCUT2D eigenvalue weighted by molar-refractivity contribution is 5.31. The highest BCUT2D eigenvalue weighted by Gasteiger charge is 2.30. The first-order chi connectivity index (χ1) is 10.0. The first-order valence-electron chi connectivity index (χ1n) is 7.84. The summed E-state index contributed by atoms with van der Waals surface area (Å²) < 4.78 is 5.83. The van der Waals surface area contributed by atoms with Crippen molar-refractivity contribution in [1.82, 2.24) is 15.1 Å². The lowest BCUT2D eigenvalue weighted by atomic mass is 9.96. The van der Waals surface area contributed by atoms with Crippen molar-refractivity contribution in [3.05, 3.63) is 29.8 Å². The van der Waals surface area contributed by atoms with Crippen LogP contribution in [0.25, 0.3) is 0 Å². The summed E-state index contributed by atoms with van der Waals surface area (Å²) in [6.07, 6.45) is 0.205. The normalized spacial score (nSPS) is 22.5. The maximum Gasteiger partial charge on any atom is 0.120 e. The zero-order chi connectivity index (χ0) is 15.4. The fourth-order valence-corrected chi connectivity index (χ4v) is 3.04. The Hall–Kier alpha value is -1.10. The maximum absolute atomic E-state index is 5.83. The molecular weight excluding hydrogens is 262 g/mol. The van der Waals surface area contributed by atoms with Gasteiger partial charge in [-0.05, 0) is 52.7 Å². The molecular formula is C17H29N3O. The van der Waals surface area contributed by atoms with Crippen LogP contribution in [0.2, 0.25) is 0 Å². The molecule has 1 aliphatic rings. The van der Waals surface area contributed by atoms with Gasteiger partial charge in [-0.1, -0.05) is 12.1 Å². The van der Waals surface area contributed by atoms with E-state index in [1.165, 1.54) is 5.56 Å². The van der Waals surface area contributed by atoms with Gasteiger partial charge in [-0.25, -0.2) is 0 Å². The second kappa shape index (κ2) is 7.25. The minimum Gasteiger partial charge on any atom is -0.491 e. The van der Waals surface area contributed by atoms with Crippen LogP contribution in [-0.2, 0) is 0 Å². The third kappa shape index (κ3) is 4.19. The Bertz CT molecular complexity index is 449. The molecule has 0 spiro atoms. The summed E-state index contributed by atoms with van der Waals surface area (Å²) in [4.78, 5) is 4.86. The maximum atomic E-state index is 5.83. The fraction of sp³-hybridized carbons (Fsp3) is 0.647. The van der Waals surface area contributed by atoms with Crippen LogP contribution in [0.5, 0.6) is 5.75 Å². The number of piperazine rings is 1. The number of nitrogens with one attached hydrogen (secondary N) is 1. The van der Waals surface area contributed by atoms with Gasteiger partial charge in [0, 0.05) is 31.7 Å². The van der Waals surface area contributed by atoms with Crippen molar-refractivity contribution in [1.29, 1.82) is 0 Å². The Balaban J connectivity index is 2.20. The van der Waals surface area contributed by atoms with E-state index >= 15 is 0 Å². The van der Waals surface area contributed by atoms with Gasteiger partial charge in [-0.3, -0.25) is 4.90 Å². The fourth-order valence-electron chi connectivity index (χ4n) is 3.04. The van der Waals surface area contributed by atoms with Crippen molar-refractivity contribution < 1.29 is 4.74 Å². The largest absolute Gasteiger partial charge is 0.491 e. The highest BCUT2D eigenvalue weighted by atomic mass is 16.5. The summed E-state index contributed by atoms with van der Waals surface area (Å²) in [7, 11) is 6.46. The molecule has 118 valence electrons. The quantitative estimate of drug-likeness (QED) is 0.898. The lowest BCUT2D eigenvalue weighted by Crippen LogP contribution is -2.54. The first kappa shape index (κ1) is 16.3. The van der Waals surface area contributed by atoms with Crippen LogP contribution < -0.4 is 10.1 Å². The lowest BCUT2D eigenvalue weighted by Gasteiger charge is -2.42. The molecule has 2 rings (SSSR count). The predicted molar refractivity (Wildman–Crippen MR) is 87.9 cm³/mol. The summed E-state index contributed by atoms with van der Waals surface area (Å²) in [6.45, 7) is 7.46. The molecule has 1 aromatic carbocycles. The van der Waals surface area contributed by atoms with Crippen molar-refractivity contribution in [3.63, 3.8) is 0 Å². The molecule has 1 heterocycles. The number of benzene rings is 1. The zero-order valence-electron chi connectivity index (χ0n) is 14.0. The Labute approximate surface area is 129 Å². The molecule has 2 atom stereocenters. The Morgan fingerprint density at radius 3 is 2.67 bits per heavy atom. The topological polar surface area (TPSA) is 27.7 Å². The van der Waals surface area contributed by atoms with Crippen molar-refractivity contribution in [2.75, 3.05) is 40.8 Å². The van der Waals surface area contributed by atoms with Gasteiger partial charge >= 0.3 is 0 Å². The van der Waals surface area contributed by atoms with Crippen molar-refractivity contribution in [2.45, 2.75) is 32.0 Å². The third-order valence-corrected chi connectivity index (χ3v) is 4.18. The molecule has 4 heteroatoms. The Morgan fingerprint density at radius 1 is 1.24 bits per heavy atom. The van der Waals surface area contributed by atoms with E-state index in [0.29, 0.717) is 12.1 Å². The van der Waals surface area contributed by atoms with Crippen LogP contribution in [0.15, 0.2) is 24.3 Å². The van der Waals surface area contributed by atoms with E-state index in [-0.39, 0.29) is 6.10 Å². The third-order valence-electron chi connectivity index (χ3n) is 4.18. The number of rotatable bonds is 5. The van der Waals surface area contributed by atoms with Crippen LogP contribution >= 0.6 is 0 Å². The number of ether oxygens (including phenoxy) is 1. The lowest BCUT2D eigenvalue weighted by molar-refractivity contribution is 0.0896. The number of likely N-dealkylation sites (N-methyl/N-ethyl adjacent to an activating group) is 3. The van der Waals surface area contributed by atoms with E-state index in [9.17, 15) is 0 Å². The second-order valence-corrected chi connectivity index (χ2v) is 6.32. The Morgan fingerprint density at radius 2 is 2.00 bits per heavy atom. The van der Waals surface area contributed by atoms with E-state index in [1.54, 1.807) is 0 Å². The molecule has 1 aliphatic heterocycles.